The van der Waals surface area contributed by atoms with Gasteiger partial charge in [0, 0.05) is 12.2 Å². The van der Waals surface area contributed by atoms with E-state index in [1.165, 1.54) is 6.07 Å². The molecular formula is C22H19F3O3. The summed E-state index contributed by atoms with van der Waals surface area (Å²) in [5.41, 5.74) is 2.60. The summed E-state index contributed by atoms with van der Waals surface area (Å²) in [5.74, 6) is -4.01. The second kappa shape index (κ2) is 8.80. The molecule has 0 saturated carbocycles. The maximum atomic E-state index is 14.4. The molecule has 0 aliphatic rings. The Morgan fingerprint density at radius 2 is 1.54 bits per heavy atom. The lowest BCUT2D eigenvalue weighted by Gasteiger charge is -2.10. The highest BCUT2D eigenvalue weighted by molar-refractivity contribution is 5.64. The number of phenols is 1. The molecule has 0 amide bonds. The van der Waals surface area contributed by atoms with Crippen LogP contribution in [0.4, 0.5) is 13.2 Å². The number of aromatic hydroxyl groups is 1. The average molecular weight is 388 g/mol. The minimum absolute atomic E-state index is 0.00279. The molecule has 0 atom stereocenters. The van der Waals surface area contributed by atoms with Crippen molar-refractivity contribution in [2.45, 2.75) is 20.1 Å². The summed E-state index contributed by atoms with van der Waals surface area (Å²) in [4.78, 5) is 0. The van der Waals surface area contributed by atoms with Crippen LogP contribution in [0.5, 0.6) is 11.5 Å². The molecule has 3 rings (SSSR count). The Morgan fingerprint density at radius 1 is 0.821 bits per heavy atom. The Morgan fingerprint density at radius 3 is 2.21 bits per heavy atom. The van der Waals surface area contributed by atoms with Gasteiger partial charge in [0.1, 0.15) is 12.4 Å². The van der Waals surface area contributed by atoms with Crippen LogP contribution in [-0.4, -0.2) is 11.7 Å². The van der Waals surface area contributed by atoms with Crippen molar-refractivity contribution in [2.24, 2.45) is 0 Å². The molecule has 3 aromatic rings. The third-order valence-corrected chi connectivity index (χ3v) is 4.19. The summed E-state index contributed by atoms with van der Waals surface area (Å²) in [6.45, 7) is 2.80. The van der Waals surface area contributed by atoms with Gasteiger partial charge in [-0.3, -0.25) is 0 Å². The van der Waals surface area contributed by atoms with Crippen LogP contribution in [0.15, 0.2) is 54.6 Å². The molecule has 1 N–H and O–H groups in total. The van der Waals surface area contributed by atoms with Crippen molar-refractivity contribution in [3.8, 4) is 22.6 Å². The van der Waals surface area contributed by atoms with E-state index in [0.29, 0.717) is 29.9 Å². The van der Waals surface area contributed by atoms with Gasteiger partial charge in [0.05, 0.1) is 6.61 Å². The lowest BCUT2D eigenvalue weighted by atomic mass is 10.0. The van der Waals surface area contributed by atoms with E-state index in [1.54, 1.807) is 30.3 Å². The zero-order chi connectivity index (χ0) is 20.1. The van der Waals surface area contributed by atoms with E-state index in [9.17, 15) is 13.2 Å². The molecule has 0 aliphatic heterocycles. The second-order valence-electron chi connectivity index (χ2n) is 6.15. The van der Waals surface area contributed by atoms with E-state index < -0.39 is 17.4 Å². The first-order chi connectivity index (χ1) is 13.5. The molecule has 0 fully saturated rings. The standard InChI is InChI=1S/C22H19F3O3/c1-2-27-12-15-5-8-17(18(23)11-15)16-6-3-14(4-7-16)13-28-20-10-9-19(26)21(24)22(20)25/h3-11,26H,2,12-13H2,1H3. The Bertz CT molecular complexity index is 956. The number of halogens is 3. The highest BCUT2D eigenvalue weighted by Gasteiger charge is 2.14. The molecule has 0 saturated heterocycles. The zero-order valence-corrected chi connectivity index (χ0v) is 15.2. The van der Waals surface area contributed by atoms with Crippen LogP contribution in [-0.2, 0) is 18.0 Å². The summed E-state index contributed by atoms with van der Waals surface area (Å²) in [6.07, 6.45) is 0. The van der Waals surface area contributed by atoms with Gasteiger partial charge in [-0.05, 0) is 41.8 Å². The fourth-order valence-electron chi connectivity index (χ4n) is 2.68. The smallest absolute Gasteiger partial charge is 0.204 e. The van der Waals surface area contributed by atoms with Gasteiger partial charge < -0.3 is 14.6 Å². The van der Waals surface area contributed by atoms with Crippen molar-refractivity contribution in [2.75, 3.05) is 6.61 Å². The molecule has 0 spiro atoms. The molecule has 3 aromatic carbocycles. The first-order valence-corrected chi connectivity index (χ1v) is 8.75. The Hall–Kier alpha value is -2.99. The maximum Gasteiger partial charge on any atom is 0.204 e. The molecule has 0 bridgehead atoms. The van der Waals surface area contributed by atoms with Gasteiger partial charge in [0.2, 0.25) is 11.6 Å². The quantitative estimate of drug-likeness (QED) is 0.573. The number of rotatable bonds is 7. The van der Waals surface area contributed by atoms with Crippen molar-refractivity contribution >= 4 is 0 Å². The second-order valence-corrected chi connectivity index (χ2v) is 6.15. The van der Waals surface area contributed by atoms with Gasteiger partial charge >= 0.3 is 0 Å². The highest BCUT2D eigenvalue weighted by atomic mass is 19.2. The highest BCUT2D eigenvalue weighted by Crippen LogP contribution is 2.28. The molecule has 0 heterocycles. The molecule has 3 nitrogen and oxygen atoms in total. The van der Waals surface area contributed by atoms with Crippen molar-refractivity contribution in [1.82, 2.24) is 0 Å². The van der Waals surface area contributed by atoms with Crippen molar-refractivity contribution in [3.63, 3.8) is 0 Å². The average Bonchev–Trinajstić information content (AvgIpc) is 2.70. The fraction of sp³-hybridized carbons (Fsp3) is 0.182. The number of hydrogen-bond donors (Lipinski definition) is 1. The first-order valence-electron chi connectivity index (χ1n) is 8.75. The third-order valence-electron chi connectivity index (χ3n) is 4.19. The number of hydrogen-bond acceptors (Lipinski definition) is 3. The van der Waals surface area contributed by atoms with Crippen LogP contribution in [0.2, 0.25) is 0 Å². The van der Waals surface area contributed by atoms with Crippen LogP contribution >= 0.6 is 0 Å². The van der Waals surface area contributed by atoms with Crippen LogP contribution in [0, 0.1) is 17.5 Å². The fourth-order valence-corrected chi connectivity index (χ4v) is 2.68. The predicted molar refractivity (Wildman–Crippen MR) is 99.5 cm³/mol. The van der Waals surface area contributed by atoms with E-state index in [2.05, 4.69) is 0 Å². The minimum Gasteiger partial charge on any atom is -0.505 e. The molecule has 6 heteroatoms. The van der Waals surface area contributed by atoms with Gasteiger partial charge in [0.25, 0.3) is 0 Å². The van der Waals surface area contributed by atoms with Crippen molar-refractivity contribution in [1.29, 1.82) is 0 Å². The van der Waals surface area contributed by atoms with Crippen molar-refractivity contribution in [3.05, 3.63) is 83.2 Å². The summed E-state index contributed by atoms with van der Waals surface area (Å²) in [6, 6.07) is 14.0. The molecule has 28 heavy (non-hydrogen) atoms. The topological polar surface area (TPSA) is 38.7 Å². The van der Waals surface area contributed by atoms with E-state index in [0.717, 1.165) is 17.7 Å². The van der Waals surface area contributed by atoms with Crippen LogP contribution in [0.3, 0.4) is 0 Å². The molecule has 146 valence electrons. The molecule has 0 aliphatic carbocycles. The predicted octanol–water partition coefficient (Wildman–Crippen LogP) is 5.59. The van der Waals surface area contributed by atoms with E-state index >= 15 is 0 Å². The maximum absolute atomic E-state index is 14.4. The lowest BCUT2D eigenvalue weighted by molar-refractivity contribution is 0.134. The summed E-state index contributed by atoms with van der Waals surface area (Å²) in [7, 11) is 0. The number of ether oxygens (including phenoxy) is 2. The summed E-state index contributed by atoms with van der Waals surface area (Å²) >= 11 is 0. The minimum atomic E-state index is -1.35. The first kappa shape index (κ1) is 19.8. The number of phenolic OH excluding ortho intramolecular Hbond substituents is 1. The van der Waals surface area contributed by atoms with Gasteiger partial charge in [-0.25, -0.2) is 4.39 Å². The lowest BCUT2D eigenvalue weighted by Crippen LogP contribution is -1.99. The van der Waals surface area contributed by atoms with Gasteiger partial charge in [-0.2, -0.15) is 8.78 Å². The molecular weight excluding hydrogens is 369 g/mol. The Labute approximate surface area is 161 Å². The van der Waals surface area contributed by atoms with Gasteiger partial charge in [-0.15, -0.1) is 0 Å². The number of benzene rings is 3. The van der Waals surface area contributed by atoms with E-state index in [-0.39, 0.29) is 18.2 Å². The zero-order valence-electron chi connectivity index (χ0n) is 15.2. The van der Waals surface area contributed by atoms with Gasteiger partial charge in [-0.1, -0.05) is 36.4 Å². The van der Waals surface area contributed by atoms with E-state index in [4.69, 9.17) is 14.6 Å². The Kier molecular flexibility index (Phi) is 6.21. The monoisotopic (exact) mass is 388 g/mol. The van der Waals surface area contributed by atoms with Crippen LogP contribution < -0.4 is 4.74 Å². The SMILES string of the molecule is CCOCc1ccc(-c2ccc(COc3ccc(O)c(F)c3F)cc2)c(F)c1. The molecule has 0 radical (unpaired) electrons. The van der Waals surface area contributed by atoms with Crippen molar-refractivity contribution < 1.29 is 27.8 Å². The molecule has 0 unspecified atom stereocenters. The largest absolute Gasteiger partial charge is 0.505 e. The third kappa shape index (κ3) is 4.46. The van der Waals surface area contributed by atoms with Crippen LogP contribution in [0.1, 0.15) is 18.1 Å². The Balaban J connectivity index is 1.69. The molecule has 0 aromatic heterocycles. The normalized spacial score (nSPS) is 10.9. The summed E-state index contributed by atoms with van der Waals surface area (Å²) < 4.78 is 52.0. The summed E-state index contributed by atoms with van der Waals surface area (Å²) in [5, 5.41) is 9.12. The van der Waals surface area contributed by atoms with Gasteiger partial charge in [0.15, 0.2) is 11.5 Å². The van der Waals surface area contributed by atoms with E-state index in [1.807, 2.05) is 13.0 Å². The van der Waals surface area contributed by atoms with Crippen LogP contribution in [0.25, 0.3) is 11.1 Å².